The Kier molecular flexibility index (Phi) is 3.23. The largest absolute Gasteiger partial charge is 0.437 e. The van der Waals surface area contributed by atoms with Crippen LogP contribution in [0, 0.1) is 0 Å². The number of hydrogen-bond donors (Lipinski definition) is 0. The number of esters is 1. The molecule has 0 saturated carbocycles. The molecule has 2 unspecified atom stereocenters. The van der Waals surface area contributed by atoms with Crippen molar-refractivity contribution in [2.24, 2.45) is 0 Å². The fraction of sp³-hybridized carbons (Fsp3) is 0.133. The van der Waals surface area contributed by atoms with E-state index in [2.05, 4.69) is 31.9 Å². The summed E-state index contributed by atoms with van der Waals surface area (Å²) >= 11 is 7.24. The van der Waals surface area contributed by atoms with E-state index in [9.17, 15) is 4.79 Å². The van der Waals surface area contributed by atoms with Crippen molar-refractivity contribution in [3.05, 3.63) is 71.3 Å². The summed E-state index contributed by atoms with van der Waals surface area (Å²) in [6, 6.07) is 17.3. The molecule has 2 atom stereocenters. The highest BCUT2D eigenvalue weighted by atomic mass is 79.9. The lowest BCUT2D eigenvalue weighted by Crippen LogP contribution is -2.23. The molecule has 96 valence electrons. The number of rotatable bonds is 2. The smallest absolute Gasteiger partial charge is 0.340 e. The SMILES string of the molecule is O=C1OC(Br)(C(Br)c2ccccc2)c2ccccc21. The number of alkyl halides is 2. The van der Waals surface area contributed by atoms with Crippen LogP contribution in [0.3, 0.4) is 0 Å². The van der Waals surface area contributed by atoms with Gasteiger partial charge in [-0.1, -0.05) is 64.5 Å². The first-order valence-electron chi connectivity index (χ1n) is 5.83. The van der Waals surface area contributed by atoms with Crippen LogP contribution in [0.1, 0.15) is 26.3 Å². The molecule has 0 N–H and O–H groups in total. The third kappa shape index (κ3) is 2.03. The second kappa shape index (κ2) is 4.76. The predicted octanol–water partition coefficient (Wildman–Crippen LogP) is 4.54. The topological polar surface area (TPSA) is 26.3 Å². The number of ether oxygens (including phenoxy) is 1. The lowest BCUT2D eigenvalue weighted by atomic mass is 9.99. The van der Waals surface area contributed by atoms with Gasteiger partial charge in [0, 0.05) is 5.56 Å². The van der Waals surface area contributed by atoms with Crippen molar-refractivity contribution >= 4 is 37.8 Å². The minimum Gasteiger partial charge on any atom is -0.437 e. The summed E-state index contributed by atoms with van der Waals surface area (Å²) in [6.07, 6.45) is 0. The van der Waals surface area contributed by atoms with Crippen molar-refractivity contribution in [3.63, 3.8) is 0 Å². The van der Waals surface area contributed by atoms with Crippen LogP contribution in [-0.2, 0) is 9.25 Å². The number of halogens is 2. The summed E-state index contributed by atoms with van der Waals surface area (Å²) in [5.74, 6) is -0.298. The molecular weight excluding hydrogens is 372 g/mol. The predicted molar refractivity (Wildman–Crippen MR) is 80.6 cm³/mol. The van der Waals surface area contributed by atoms with E-state index < -0.39 is 4.51 Å². The second-order valence-corrected chi connectivity index (χ2v) is 6.45. The number of fused-ring (bicyclic) bond motifs is 1. The van der Waals surface area contributed by atoms with Crippen molar-refractivity contribution in [2.75, 3.05) is 0 Å². The van der Waals surface area contributed by atoms with Gasteiger partial charge in [-0.3, -0.25) is 0 Å². The number of hydrogen-bond acceptors (Lipinski definition) is 2. The van der Waals surface area contributed by atoms with Crippen LogP contribution in [0.25, 0.3) is 0 Å². The maximum atomic E-state index is 11.9. The van der Waals surface area contributed by atoms with Crippen molar-refractivity contribution in [2.45, 2.75) is 9.34 Å². The molecule has 0 radical (unpaired) electrons. The molecule has 2 aromatic carbocycles. The highest BCUT2D eigenvalue weighted by Crippen LogP contribution is 2.53. The normalized spacial score (nSPS) is 22.7. The van der Waals surface area contributed by atoms with Crippen LogP contribution in [0.5, 0.6) is 0 Å². The quantitative estimate of drug-likeness (QED) is 0.563. The molecule has 4 heteroatoms. The van der Waals surface area contributed by atoms with E-state index in [0.717, 1.165) is 11.1 Å². The Morgan fingerprint density at radius 2 is 1.63 bits per heavy atom. The zero-order chi connectivity index (χ0) is 13.5. The van der Waals surface area contributed by atoms with E-state index in [4.69, 9.17) is 4.74 Å². The van der Waals surface area contributed by atoms with E-state index in [-0.39, 0.29) is 10.8 Å². The Balaban J connectivity index is 2.08. The lowest BCUT2D eigenvalue weighted by Gasteiger charge is -2.27. The van der Waals surface area contributed by atoms with Gasteiger partial charge in [0.05, 0.1) is 10.4 Å². The van der Waals surface area contributed by atoms with Gasteiger partial charge in [0.1, 0.15) is 0 Å². The maximum Gasteiger partial charge on any atom is 0.340 e. The highest BCUT2D eigenvalue weighted by Gasteiger charge is 2.48. The van der Waals surface area contributed by atoms with E-state index >= 15 is 0 Å². The van der Waals surface area contributed by atoms with Crippen molar-refractivity contribution in [1.29, 1.82) is 0 Å². The van der Waals surface area contributed by atoms with E-state index in [1.54, 1.807) is 6.07 Å². The van der Waals surface area contributed by atoms with Gasteiger partial charge in [-0.2, -0.15) is 0 Å². The van der Waals surface area contributed by atoms with Gasteiger partial charge in [0.2, 0.25) is 4.51 Å². The average Bonchev–Trinajstić information content (AvgIpc) is 2.72. The fourth-order valence-electron chi connectivity index (χ4n) is 2.23. The van der Waals surface area contributed by atoms with Crippen molar-refractivity contribution in [3.8, 4) is 0 Å². The van der Waals surface area contributed by atoms with Gasteiger partial charge < -0.3 is 4.74 Å². The number of cyclic esters (lactones) is 1. The molecule has 2 aromatic rings. The van der Waals surface area contributed by atoms with Gasteiger partial charge in [-0.05, 0) is 27.6 Å². The third-order valence-corrected chi connectivity index (χ3v) is 6.01. The molecule has 0 aromatic heterocycles. The molecule has 19 heavy (non-hydrogen) atoms. The zero-order valence-electron chi connectivity index (χ0n) is 9.85. The van der Waals surface area contributed by atoms with Crippen LogP contribution >= 0.6 is 31.9 Å². The Morgan fingerprint density at radius 1 is 1.00 bits per heavy atom. The second-order valence-electron chi connectivity index (χ2n) is 4.35. The van der Waals surface area contributed by atoms with Crippen molar-refractivity contribution < 1.29 is 9.53 Å². The minimum absolute atomic E-state index is 0.159. The molecule has 0 spiro atoms. The molecule has 0 fully saturated rings. The molecule has 0 saturated heterocycles. The van der Waals surface area contributed by atoms with Gasteiger partial charge in [-0.15, -0.1) is 0 Å². The molecule has 3 rings (SSSR count). The monoisotopic (exact) mass is 380 g/mol. The van der Waals surface area contributed by atoms with Crippen LogP contribution < -0.4 is 0 Å². The summed E-state index contributed by atoms with van der Waals surface area (Å²) in [6.45, 7) is 0. The van der Waals surface area contributed by atoms with Gasteiger partial charge >= 0.3 is 5.97 Å². The van der Waals surface area contributed by atoms with Gasteiger partial charge in [0.25, 0.3) is 0 Å². The Labute approximate surface area is 128 Å². The third-order valence-electron chi connectivity index (χ3n) is 3.17. The van der Waals surface area contributed by atoms with Gasteiger partial charge in [-0.25, -0.2) is 4.79 Å². The van der Waals surface area contributed by atoms with Gasteiger partial charge in [0.15, 0.2) is 0 Å². The lowest BCUT2D eigenvalue weighted by molar-refractivity contribution is 0.0308. The van der Waals surface area contributed by atoms with Crippen molar-refractivity contribution in [1.82, 2.24) is 0 Å². The standard InChI is InChI=1S/C15H10Br2O2/c16-13(10-6-2-1-3-7-10)15(17)12-9-5-4-8-11(12)14(18)19-15/h1-9,13H. The number of carbonyl (C=O) groups is 1. The molecule has 1 aliphatic rings. The van der Waals surface area contributed by atoms with E-state index in [1.165, 1.54) is 0 Å². The molecule has 2 nitrogen and oxygen atoms in total. The Hall–Kier alpha value is -1.13. The fourth-order valence-corrected chi connectivity index (χ4v) is 3.63. The summed E-state index contributed by atoms with van der Waals surface area (Å²) in [4.78, 5) is 11.8. The van der Waals surface area contributed by atoms with E-state index in [1.807, 2.05) is 48.5 Å². The summed E-state index contributed by atoms with van der Waals surface area (Å²) in [5.41, 5.74) is 2.51. The molecule has 0 aliphatic carbocycles. The molecule has 1 aliphatic heterocycles. The average molecular weight is 382 g/mol. The molecule has 0 bridgehead atoms. The number of benzene rings is 2. The molecular formula is C15H10Br2O2. The first-order chi connectivity index (χ1) is 9.13. The first kappa shape index (κ1) is 12.9. The maximum absolute atomic E-state index is 11.9. The van der Waals surface area contributed by atoms with Crippen LogP contribution in [0.15, 0.2) is 54.6 Å². The molecule has 1 heterocycles. The Morgan fingerprint density at radius 3 is 2.37 bits per heavy atom. The van der Waals surface area contributed by atoms with Crippen LogP contribution in [0.2, 0.25) is 0 Å². The zero-order valence-corrected chi connectivity index (χ0v) is 13.0. The van der Waals surface area contributed by atoms with Crippen LogP contribution in [0.4, 0.5) is 0 Å². The highest BCUT2D eigenvalue weighted by molar-refractivity contribution is 9.12. The summed E-state index contributed by atoms with van der Waals surface area (Å²) in [7, 11) is 0. The Bertz CT molecular complexity index is 627. The minimum atomic E-state index is -0.859. The molecule has 0 amide bonds. The van der Waals surface area contributed by atoms with E-state index in [0.29, 0.717) is 5.56 Å². The number of carbonyl (C=O) groups excluding carboxylic acids is 1. The van der Waals surface area contributed by atoms with Crippen LogP contribution in [-0.4, -0.2) is 5.97 Å². The summed E-state index contributed by atoms with van der Waals surface area (Å²) < 4.78 is 4.71. The first-order valence-corrected chi connectivity index (χ1v) is 7.54. The summed E-state index contributed by atoms with van der Waals surface area (Å²) in [5, 5.41) is 0.